The number of hydroxylamine groups is 2. The van der Waals surface area contributed by atoms with Gasteiger partial charge in [-0.1, -0.05) is 23.3 Å². The second-order valence-electron chi connectivity index (χ2n) is 3.22. The summed E-state index contributed by atoms with van der Waals surface area (Å²) < 4.78 is 0. The van der Waals surface area contributed by atoms with Gasteiger partial charge in [0.15, 0.2) is 0 Å². The third-order valence-corrected chi connectivity index (χ3v) is 2.03. The summed E-state index contributed by atoms with van der Waals surface area (Å²) in [6.07, 6.45) is 0. The molecule has 1 heterocycles. The van der Waals surface area contributed by atoms with Gasteiger partial charge in [-0.2, -0.15) is 0 Å². The van der Waals surface area contributed by atoms with E-state index in [1.807, 2.05) is 0 Å². The van der Waals surface area contributed by atoms with Crippen molar-refractivity contribution >= 4 is 17.9 Å². The number of hydrogen-bond acceptors (Lipinski definition) is 5. The van der Waals surface area contributed by atoms with Gasteiger partial charge in [0.1, 0.15) is 0 Å². The molecule has 0 radical (unpaired) electrons. The topological polar surface area (TPSA) is 87.7 Å². The van der Waals surface area contributed by atoms with E-state index in [-0.39, 0.29) is 12.1 Å². The minimum absolute atomic E-state index is 0.131. The Morgan fingerprint density at radius 2 is 1.94 bits per heavy atom. The molecule has 1 aliphatic heterocycles. The number of imide groups is 1. The molecule has 1 aliphatic rings. The number of nitrogens with one attached hydrogen (secondary N) is 2. The lowest BCUT2D eigenvalue weighted by molar-refractivity contribution is -0.156. The normalized spacial score (nSPS) is 15.4. The van der Waals surface area contributed by atoms with Gasteiger partial charge in [-0.15, -0.1) is 0 Å². The van der Waals surface area contributed by atoms with Crippen molar-refractivity contribution in [2.45, 2.75) is 0 Å². The minimum atomic E-state index is -0.828. The van der Waals surface area contributed by atoms with Gasteiger partial charge in [0, 0.05) is 0 Å². The first kappa shape index (κ1) is 11.1. The average Bonchev–Trinajstić information content (AvgIpc) is 2.35. The number of carbonyl (C=O) groups excluding carboxylic acids is 3. The number of urea groups is 1. The van der Waals surface area contributed by atoms with Crippen LogP contribution in [0.15, 0.2) is 30.3 Å². The predicted molar refractivity (Wildman–Crippen MR) is 55.2 cm³/mol. The molecule has 0 aromatic heterocycles. The number of amides is 3. The lowest BCUT2D eigenvalue weighted by Crippen LogP contribution is -2.58. The second kappa shape index (κ2) is 4.62. The third-order valence-electron chi connectivity index (χ3n) is 2.03. The zero-order valence-corrected chi connectivity index (χ0v) is 8.67. The van der Waals surface area contributed by atoms with Crippen LogP contribution in [-0.2, 0) is 9.63 Å². The molecule has 1 aromatic carbocycles. The molecular formula is C10H9N3O4. The molecule has 0 spiro atoms. The van der Waals surface area contributed by atoms with Crippen molar-refractivity contribution in [1.82, 2.24) is 15.9 Å². The SMILES string of the molecule is O=C(ON1C(=O)CNNC1=O)c1ccccc1. The fourth-order valence-electron chi connectivity index (χ4n) is 1.23. The molecule has 1 fully saturated rings. The highest BCUT2D eigenvalue weighted by atomic mass is 16.7. The molecule has 17 heavy (non-hydrogen) atoms. The van der Waals surface area contributed by atoms with Gasteiger partial charge in [0.25, 0.3) is 5.91 Å². The van der Waals surface area contributed by atoms with Gasteiger partial charge in [-0.25, -0.2) is 15.0 Å². The highest BCUT2D eigenvalue weighted by Crippen LogP contribution is 2.05. The molecule has 0 unspecified atom stereocenters. The van der Waals surface area contributed by atoms with Gasteiger partial charge >= 0.3 is 12.0 Å². The van der Waals surface area contributed by atoms with Crippen LogP contribution < -0.4 is 10.9 Å². The molecule has 2 N–H and O–H groups in total. The van der Waals surface area contributed by atoms with E-state index >= 15 is 0 Å². The molecule has 0 bridgehead atoms. The maximum absolute atomic E-state index is 11.6. The lowest BCUT2D eigenvalue weighted by atomic mass is 10.2. The summed E-state index contributed by atoms with van der Waals surface area (Å²) >= 11 is 0. The summed E-state index contributed by atoms with van der Waals surface area (Å²) in [7, 11) is 0. The van der Waals surface area contributed by atoms with E-state index < -0.39 is 17.9 Å². The van der Waals surface area contributed by atoms with Gasteiger partial charge in [-0.05, 0) is 12.1 Å². The van der Waals surface area contributed by atoms with Gasteiger partial charge in [0.05, 0.1) is 12.1 Å². The third kappa shape index (κ3) is 2.40. The van der Waals surface area contributed by atoms with E-state index in [2.05, 4.69) is 10.9 Å². The van der Waals surface area contributed by atoms with Crippen LogP contribution in [0.2, 0.25) is 0 Å². The van der Waals surface area contributed by atoms with E-state index in [9.17, 15) is 14.4 Å². The smallest absolute Gasteiger partial charge is 0.323 e. The first-order valence-corrected chi connectivity index (χ1v) is 4.81. The van der Waals surface area contributed by atoms with E-state index in [4.69, 9.17) is 4.84 Å². The van der Waals surface area contributed by atoms with Crippen molar-refractivity contribution in [2.24, 2.45) is 0 Å². The fourth-order valence-corrected chi connectivity index (χ4v) is 1.23. The number of carbonyl (C=O) groups is 3. The first-order chi connectivity index (χ1) is 8.18. The summed E-state index contributed by atoms with van der Waals surface area (Å²) in [5.41, 5.74) is 4.76. The standard InChI is InChI=1S/C10H9N3O4/c14-8-6-11-12-10(16)13(8)17-9(15)7-4-2-1-3-5-7/h1-5,11H,6H2,(H,12,16). The monoisotopic (exact) mass is 235 g/mol. The lowest BCUT2D eigenvalue weighted by Gasteiger charge is -2.23. The van der Waals surface area contributed by atoms with Crippen LogP contribution in [0.3, 0.4) is 0 Å². The van der Waals surface area contributed by atoms with E-state index in [1.165, 1.54) is 12.1 Å². The summed E-state index contributed by atoms with van der Waals surface area (Å²) in [6.45, 7) is -0.131. The Hall–Kier alpha value is -2.41. The van der Waals surface area contributed by atoms with Crippen LogP contribution in [0.4, 0.5) is 4.79 Å². The molecule has 0 aliphatic carbocycles. The summed E-state index contributed by atoms with van der Waals surface area (Å²) in [5, 5.41) is 0.395. The van der Waals surface area contributed by atoms with Crippen LogP contribution >= 0.6 is 0 Å². The van der Waals surface area contributed by atoms with Gasteiger partial charge in [0.2, 0.25) is 0 Å². The zero-order valence-electron chi connectivity index (χ0n) is 8.67. The van der Waals surface area contributed by atoms with Crippen molar-refractivity contribution in [2.75, 3.05) is 6.54 Å². The Morgan fingerprint density at radius 1 is 1.24 bits per heavy atom. The first-order valence-electron chi connectivity index (χ1n) is 4.81. The van der Waals surface area contributed by atoms with E-state index in [0.29, 0.717) is 5.06 Å². The summed E-state index contributed by atoms with van der Waals surface area (Å²) in [5.74, 6) is -1.41. The van der Waals surface area contributed by atoms with Crippen molar-refractivity contribution in [3.05, 3.63) is 35.9 Å². The van der Waals surface area contributed by atoms with Crippen molar-refractivity contribution < 1.29 is 19.2 Å². The molecular weight excluding hydrogens is 226 g/mol. The molecule has 0 atom stereocenters. The Balaban J connectivity index is 2.08. The Morgan fingerprint density at radius 3 is 2.59 bits per heavy atom. The number of nitrogens with zero attached hydrogens (tertiary/aromatic N) is 1. The summed E-state index contributed by atoms with van der Waals surface area (Å²) in [4.78, 5) is 38.8. The molecule has 7 heteroatoms. The van der Waals surface area contributed by atoms with Crippen LogP contribution in [0.1, 0.15) is 10.4 Å². The van der Waals surface area contributed by atoms with Crippen LogP contribution in [0.25, 0.3) is 0 Å². The highest BCUT2D eigenvalue weighted by Gasteiger charge is 2.30. The minimum Gasteiger partial charge on any atom is -0.323 e. The predicted octanol–water partition coefficient (Wildman–Crippen LogP) is -0.185. The Labute approximate surface area is 96.3 Å². The zero-order chi connectivity index (χ0) is 12.3. The van der Waals surface area contributed by atoms with Gasteiger partial charge in [-0.3, -0.25) is 10.2 Å². The van der Waals surface area contributed by atoms with Crippen molar-refractivity contribution in [3.8, 4) is 0 Å². The van der Waals surface area contributed by atoms with Crippen LogP contribution in [0, 0.1) is 0 Å². The maximum Gasteiger partial charge on any atom is 0.372 e. The Kier molecular flexibility index (Phi) is 3.01. The van der Waals surface area contributed by atoms with Crippen LogP contribution in [-0.4, -0.2) is 29.5 Å². The molecule has 1 saturated heterocycles. The van der Waals surface area contributed by atoms with Crippen LogP contribution in [0.5, 0.6) is 0 Å². The number of benzene rings is 1. The average molecular weight is 235 g/mol. The van der Waals surface area contributed by atoms with Gasteiger partial charge < -0.3 is 4.84 Å². The second-order valence-corrected chi connectivity index (χ2v) is 3.22. The molecule has 1 aromatic rings. The fraction of sp³-hybridized carbons (Fsp3) is 0.100. The highest BCUT2D eigenvalue weighted by molar-refractivity contribution is 5.98. The number of rotatable bonds is 2. The molecule has 88 valence electrons. The largest absolute Gasteiger partial charge is 0.372 e. The van der Waals surface area contributed by atoms with E-state index in [0.717, 1.165) is 0 Å². The molecule has 7 nitrogen and oxygen atoms in total. The maximum atomic E-state index is 11.6. The van der Waals surface area contributed by atoms with Crippen molar-refractivity contribution in [3.63, 3.8) is 0 Å². The Bertz CT molecular complexity index is 444. The van der Waals surface area contributed by atoms with E-state index in [1.54, 1.807) is 18.2 Å². The number of hydrogen-bond donors (Lipinski definition) is 2. The molecule has 3 amide bonds. The number of hydrazine groups is 1. The molecule has 0 saturated carbocycles. The quantitative estimate of drug-likeness (QED) is 0.742. The summed E-state index contributed by atoms with van der Waals surface area (Å²) in [6, 6.07) is 7.25. The van der Waals surface area contributed by atoms with Crippen molar-refractivity contribution in [1.29, 1.82) is 0 Å². The molecule has 2 rings (SSSR count).